The molecule has 0 aliphatic heterocycles. The minimum Gasteiger partial charge on any atom is -0.396 e. The van der Waals surface area contributed by atoms with Gasteiger partial charge in [0.05, 0.1) is 12.0 Å². The molecule has 120 valence electrons. The monoisotopic (exact) mass is 346 g/mol. The Kier molecular flexibility index (Phi) is 4.57. The van der Waals surface area contributed by atoms with E-state index in [1.54, 1.807) is 11.6 Å². The first-order valence-corrected chi connectivity index (χ1v) is 9.19. The van der Waals surface area contributed by atoms with Crippen LogP contribution >= 0.6 is 23.1 Å². The van der Waals surface area contributed by atoms with Crippen molar-refractivity contribution < 1.29 is 5.11 Å². The van der Waals surface area contributed by atoms with Crippen LogP contribution < -0.4 is 5.56 Å². The van der Waals surface area contributed by atoms with Gasteiger partial charge >= 0.3 is 0 Å². The molecule has 4 nitrogen and oxygen atoms in total. The molecule has 0 saturated carbocycles. The molecule has 0 atom stereocenters. The second-order valence-corrected chi connectivity index (χ2v) is 7.38. The van der Waals surface area contributed by atoms with Gasteiger partial charge in [-0.1, -0.05) is 30.0 Å². The van der Waals surface area contributed by atoms with Crippen LogP contribution in [0.25, 0.3) is 21.3 Å². The highest BCUT2D eigenvalue weighted by Gasteiger charge is 2.15. The van der Waals surface area contributed by atoms with Gasteiger partial charge in [0, 0.05) is 23.7 Å². The third-order valence-electron chi connectivity index (χ3n) is 3.91. The average Bonchev–Trinajstić information content (AvgIpc) is 2.96. The number of fused-ring (bicyclic) bond motifs is 1. The van der Waals surface area contributed by atoms with Gasteiger partial charge < -0.3 is 5.11 Å². The van der Waals surface area contributed by atoms with E-state index in [9.17, 15) is 4.79 Å². The molecular formula is C17H18N2O2S2. The highest BCUT2D eigenvalue weighted by atomic mass is 32.2. The number of thiophene rings is 1. The standard InChI is InChI=1S/C17H18N2O2S2/c1-10-4-5-12(8-11(10)2)13-9-23-15-14(13)16(21)19(3)17(18-15)22-7-6-20/h4-5,8-9,20H,6-7H2,1-3H3. The molecule has 2 heterocycles. The molecular weight excluding hydrogens is 328 g/mol. The van der Waals surface area contributed by atoms with Gasteiger partial charge in [0.1, 0.15) is 4.83 Å². The van der Waals surface area contributed by atoms with Gasteiger partial charge in [0.25, 0.3) is 5.56 Å². The van der Waals surface area contributed by atoms with Gasteiger partial charge in [0.15, 0.2) is 5.16 Å². The van der Waals surface area contributed by atoms with E-state index in [0.29, 0.717) is 16.3 Å². The first-order valence-electron chi connectivity index (χ1n) is 7.32. The molecule has 1 aromatic carbocycles. The molecule has 0 unspecified atom stereocenters. The first kappa shape index (κ1) is 16.2. The lowest BCUT2D eigenvalue weighted by Gasteiger charge is -2.08. The fourth-order valence-electron chi connectivity index (χ4n) is 2.44. The summed E-state index contributed by atoms with van der Waals surface area (Å²) in [7, 11) is 1.73. The lowest BCUT2D eigenvalue weighted by molar-refractivity contribution is 0.322. The lowest BCUT2D eigenvalue weighted by Crippen LogP contribution is -2.20. The number of aliphatic hydroxyl groups excluding tert-OH is 1. The molecule has 1 N–H and O–H groups in total. The summed E-state index contributed by atoms with van der Waals surface area (Å²) >= 11 is 2.88. The van der Waals surface area contributed by atoms with Crippen LogP contribution in [0.2, 0.25) is 0 Å². The van der Waals surface area contributed by atoms with Crippen LogP contribution in [0, 0.1) is 13.8 Å². The molecule has 0 saturated heterocycles. The number of hydrogen-bond acceptors (Lipinski definition) is 5. The van der Waals surface area contributed by atoms with Crippen LogP contribution in [-0.2, 0) is 7.05 Å². The SMILES string of the molecule is Cc1ccc(-c2csc3nc(SCCO)n(C)c(=O)c23)cc1C. The highest BCUT2D eigenvalue weighted by Crippen LogP contribution is 2.32. The first-order chi connectivity index (χ1) is 11.0. The molecule has 0 bridgehead atoms. The van der Waals surface area contributed by atoms with E-state index >= 15 is 0 Å². The predicted octanol–water partition coefficient (Wildman–Crippen LogP) is 3.36. The van der Waals surface area contributed by atoms with Crippen LogP contribution in [0.3, 0.4) is 0 Å². The fourth-order valence-corrected chi connectivity index (χ4v) is 4.14. The van der Waals surface area contributed by atoms with Crippen LogP contribution in [0.1, 0.15) is 11.1 Å². The maximum Gasteiger partial charge on any atom is 0.263 e. The quantitative estimate of drug-likeness (QED) is 0.581. The molecule has 0 amide bonds. The summed E-state index contributed by atoms with van der Waals surface area (Å²) in [6.07, 6.45) is 0. The highest BCUT2D eigenvalue weighted by molar-refractivity contribution is 7.99. The van der Waals surface area contributed by atoms with Crippen molar-refractivity contribution >= 4 is 33.3 Å². The molecule has 6 heteroatoms. The van der Waals surface area contributed by atoms with E-state index in [1.807, 2.05) is 5.38 Å². The third kappa shape index (κ3) is 2.94. The summed E-state index contributed by atoms with van der Waals surface area (Å²) < 4.78 is 1.57. The van der Waals surface area contributed by atoms with E-state index in [0.717, 1.165) is 16.0 Å². The van der Waals surface area contributed by atoms with Gasteiger partial charge in [0.2, 0.25) is 0 Å². The van der Waals surface area contributed by atoms with Crippen LogP contribution in [0.4, 0.5) is 0 Å². The summed E-state index contributed by atoms with van der Waals surface area (Å²) in [5.74, 6) is 0.529. The molecule has 0 aliphatic carbocycles. The number of benzene rings is 1. The van der Waals surface area contributed by atoms with Crippen LogP contribution in [0.5, 0.6) is 0 Å². The minimum absolute atomic E-state index is 0.0371. The Balaban J connectivity index is 2.19. The predicted molar refractivity (Wildman–Crippen MR) is 97.6 cm³/mol. The van der Waals surface area contributed by atoms with E-state index in [4.69, 9.17) is 5.11 Å². The number of aryl methyl sites for hydroxylation is 2. The van der Waals surface area contributed by atoms with Gasteiger partial charge in [-0.2, -0.15) is 0 Å². The summed E-state index contributed by atoms with van der Waals surface area (Å²) in [5.41, 5.74) is 4.41. The number of aromatic nitrogens is 2. The van der Waals surface area contributed by atoms with Crippen molar-refractivity contribution in [2.24, 2.45) is 7.05 Å². The molecule has 2 aromatic heterocycles. The largest absolute Gasteiger partial charge is 0.396 e. The van der Waals surface area contributed by atoms with E-state index in [2.05, 4.69) is 37.0 Å². The second-order valence-electron chi connectivity index (χ2n) is 5.46. The van der Waals surface area contributed by atoms with Gasteiger partial charge in [-0.3, -0.25) is 9.36 Å². The molecule has 3 rings (SSSR count). The number of thioether (sulfide) groups is 1. The van der Waals surface area contributed by atoms with Crippen LogP contribution in [-0.4, -0.2) is 27.0 Å². The molecule has 0 radical (unpaired) electrons. The van der Waals surface area contributed by atoms with Crippen LogP contribution in [0.15, 0.2) is 33.5 Å². The van der Waals surface area contributed by atoms with Crippen molar-refractivity contribution in [2.75, 3.05) is 12.4 Å². The maximum atomic E-state index is 12.8. The summed E-state index contributed by atoms with van der Waals surface area (Å²) in [4.78, 5) is 18.1. The zero-order chi connectivity index (χ0) is 16.6. The summed E-state index contributed by atoms with van der Waals surface area (Å²) in [6.45, 7) is 4.22. The van der Waals surface area contributed by atoms with Crippen molar-refractivity contribution in [2.45, 2.75) is 19.0 Å². The maximum absolute atomic E-state index is 12.8. The Morgan fingerprint density at radius 3 is 2.78 bits per heavy atom. The average molecular weight is 346 g/mol. The number of nitrogens with zero attached hydrogens (tertiary/aromatic N) is 2. The Hall–Kier alpha value is -1.63. The third-order valence-corrected chi connectivity index (χ3v) is 5.80. The Labute approximate surface area is 142 Å². The molecule has 0 aliphatic rings. The normalized spacial score (nSPS) is 11.3. The topological polar surface area (TPSA) is 55.1 Å². The van der Waals surface area contributed by atoms with Gasteiger partial charge in [-0.05, 0) is 30.5 Å². The summed E-state index contributed by atoms with van der Waals surface area (Å²) in [5, 5.41) is 12.3. The van der Waals surface area contributed by atoms with E-state index in [-0.39, 0.29) is 12.2 Å². The van der Waals surface area contributed by atoms with E-state index < -0.39 is 0 Å². The van der Waals surface area contributed by atoms with Gasteiger partial charge in [-0.25, -0.2) is 4.98 Å². The zero-order valence-electron chi connectivity index (χ0n) is 13.3. The van der Waals surface area contributed by atoms with Crippen molar-refractivity contribution in [3.05, 3.63) is 45.1 Å². The minimum atomic E-state index is -0.0371. The number of hydrogen-bond donors (Lipinski definition) is 1. The Morgan fingerprint density at radius 1 is 1.30 bits per heavy atom. The zero-order valence-corrected chi connectivity index (χ0v) is 14.9. The molecule has 23 heavy (non-hydrogen) atoms. The number of aliphatic hydroxyl groups is 1. The van der Waals surface area contributed by atoms with Gasteiger partial charge in [-0.15, -0.1) is 11.3 Å². The van der Waals surface area contributed by atoms with E-state index in [1.165, 1.54) is 34.2 Å². The lowest BCUT2D eigenvalue weighted by atomic mass is 10.0. The van der Waals surface area contributed by atoms with Crippen molar-refractivity contribution in [1.82, 2.24) is 9.55 Å². The van der Waals surface area contributed by atoms with Crippen molar-refractivity contribution in [3.63, 3.8) is 0 Å². The van der Waals surface area contributed by atoms with Crippen molar-refractivity contribution in [1.29, 1.82) is 0 Å². The second kappa shape index (κ2) is 6.47. The summed E-state index contributed by atoms with van der Waals surface area (Å²) in [6, 6.07) is 6.25. The fraction of sp³-hybridized carbons (Fsp3) is 0.294. The Bertz CT molecular complexity index is 928. The Morgan fingerprint density at radius 2 is 2.09 bits per heavy atom. The smallest absolute Gasteiger partial charge is 0.263 e. The molecule has 3 aromatic rings. The molecule has 0 spiro atoms. The molecule has 0 fully saturated rings. The van der Waals surface area contributed by atoms with Crippen molar-refractivity contribution in [3.8, 4) is 11.1 Å². The number of rotatable bonds is 4.